The number of hydrogen-bond acceptors (Lipinski definition) is 4. The fourth-order valence-electron chi connectivity index (χ4n) is 2.14. The Kier molecular flexibility index (Phi) is 9.37. The summed E-state index contributed by atoms with van der Waals surface area (Å²) < 4.78 is 0. The Bertz CT molecular complexity index is 644. The summed E-state index contributed by atoms with van der Waals surface area (Å²) in [4.78, 5) is 9.38. The van der Waals surface area contributed by atoms with Crippen molar-refractivity contribution < 1.29 is 0 Å². The lowest BCUT2D eigenvalue weighted by atomic mass is 9.93. The first kappa shape index (κ1) is 22.4. The van der Waals surface area contributed by atoms with Gasteiger partial charge >= 0.3 is 0 Å². The van der Waals surface area contributed by atoms with E-state index >= 15 is 0 Å². The highest BCUT2D eigenvalue weighted by molar-refractivity contribution is 14.0. The number of guanidine groups is 1. The summed E-state index contributed by atoms with van der Waals surface area (Å²) in [7, 11) is 0. The van der Waals surface area contributed by atoms with Gasteiger partial charge in [-0.15, -0.1) is 35.3 Å². The number of aliphatic imine (C=N–C) groups is 1. The molecule has 0 aromatic carbocycles. The number of halogens is 1. The van der Waals surface area contributed by atoms with E-state index in [0.29, 0.717) is 12.5 Å². The second-order valence-electron chi connectivity index (χ2n) is 6.91. The average molecular weight is 492 g/mol. The molecule has 1 atom stereocenters. The molecule has 1 unspecified atom stereocenters. The predicted octanol–water partition coefficient (Wildman–Crippen LogP) is 4.98. The second-order valence-corrected chi connectivity index (χ2v) is 8.63. The van der Waals surface area contributed by atoms with Crippen LogP contribution in [0.25, 0.3) is 0 Å². The van der Waals surface area contributed by atoms with Crippen LogP contribution in [0, 0.1) is 0 Å². The van der Waals surface area contributed by atoms with Crippen molar-refractivity contribution in [2.75, 3.05) is 13.1 Å². The van der Waals surface area contributed by atoms with E-state index in [4.69, 9.17) is 4.98 Å². The summed E-state index contributed by atoms with van der Waals surface area (Å²) in [5.41, 5.74) is 2.61. The molecule has 0 fully saturated rings. The molecule has 0 bridgehead atoms. The molecule has 0 saturated carbocycles. The number of nitrogens with one attached hydrogen (secondary N) is 2. The third kappa shape index (κ3) is 7.22. The van der Waals surface area contributed by atoms with Gasteiger partial charge in [0.1, 0.15) is 5.01 Å². The maximum absolute atomic E-state index is 4.71. The summed E-state index contributed by atoms with van der Waals surface area (Å²) in [6.07, 6.45) is 0. The third-order valence-corrected chi connectivity index (χ3v) is 5.26. The molecule has 0 amide bonds. The van der Waals surface area contributed by atoms with Gasteiger partial charge in [0.15, 0.2) is 5.96 Å². The first-order valence-corrected chi connectivity index (χ1v) is 10.2. The van der Waals surface area contributed by atoms with Gasteiger partial charge in [0, 0.05) is 23.9 Å². The number of nitrogens with zero attached hydrogens (tertiary/aromatic N) is 2. The molecule has 140 valence electrons. The zero-order chi connectivity index (χ0) is 17.6. The molecule has 0 radical (unpaired) electrons. The van der Waals surface area contributed by atoms with Crippen molar-refractivity contribution in [3.05, 3.63) is 38.5 Å². The zero-order valence-electron chi connectivity index (χ0n) is 15.6. The number of hydrogen-bond donors (Lipinski definition) is 2. The topological polar surface area (TPSA) is 49.3 Å². The van der Waals surface area contributed by atoms with Crippen molar-refractivity contribution in [3.8, 4) is 0 Å². The Morgan fingerprint density at radius 3 is 2.60 bits per heavy atom. The van der Waals surface area contributed by atoms with E-state index in [1.165, 1.54) is 5.56 Å². The molecular formula is C18H29IN4S2. The molecule has 2 heterocycles. The van der Waals surface area contributed by atoms with Gasteiger partial charge in [-0.05, 0) is 35.2 Å². The number of thiophene rings is 1. The predicted molar refractivity (Wildman–Crippen MR) is 122 cm³/mol. The average Bonchev–Trinajstić information content (AvgIpc) is 3.20. The molecule has 2 aromatic heterocycles. The van der Waals surface area contributed by atoms with Crippen LogP contribution in [-0.2, 0) is 12.0 Å². The van der Waals surface area contributed by atoms with Crippen LogP contribution in [0.15, 0.2) is 27.2 Å². The maximum Gasteiger partial charge on any atom is 0.191 e. The van der Waals surface area contributed by atoms with Crippen molar-refractivity contribution >= 4 is 52.6 Å². The smallest absolute Gasteiger partial charge is 0.191 e. The van der Waals surface area contributed by atoms with Gasteiger partial charge in [-0.2, -0.15) is 11.3 Å². The molecule has 2 rings (SSSR count). The summed E-state index contributed by atoms with van der Waals surface area (Å²) in [6, 6.07) is 2.19. The molecule has 7 heteroatoms. The van der Waals surface area contributed by atoms with Crippen molar-refractivity contribution in [1.29, 1.82) is 0 Å². The Balaban J connectivity index is 0.00000312. The number of aromatic nitrogens is 1. The fraction of sp³-hybridized carbons (Fsp3) is 0.556. The lowest BCUT2D eigenvalue weighted by molar-refractivity contribution is 0.571. The molecule has 0 aliphatic heterocycles. The SMILES string of the molecule is CCNC(=NCc1nc(C(C)(C)C)cs1)NCC(C)c1ccsc1.I. The summed E-state index contributed by atoms with van der Waals surface area (Å²) in [5, 5.41) is 14.3. The van der Waals surface area contributed by atoms with Gasteiger partial charge in [0.25, 0.3) is 0 Å². The summed E-state index contributed by atoms with van der Waals surface area (Å²) >= 11 is 3.43. The van der Waals surface area contributed by atoms with E-state index in [1.807, 2.05) is 0 Å². The molecule has 0 aliphatic rings. The van der Waals surface area contributed by atoms with Crippen molar-refractivity contribution in [2.24, 2.45) is 4.99 Å². The molecule has 0 spiro atoms. The van der Waals surface area contributed by atoms with Crippen LogP contribution in [0.4, 0.5) is 0 Å². The van der Waals surface area contributed by atoms with Crippen molar-refractivity contribution in [2.45, 2.75) is 52.5 Å². The zero-order valence-corrected chi connectivity index (χ0v) is 19.6. The highest BCUT2D eigenvalue weighted by Gasteiger charge is 2.17. The lowest BCUT2D eigenvalue weighted by Crippen LogP contribution is -2.39. The van der Waals surface area contributed by atoms with Crippen LogP contribution in [0.1, 0.15) is 56.8 Å². The van der Waals surface area contributed by atoms with Crippen LogP contribution in [0.3, 0.4) is 0 Å². The summed E-state index contributed by atoms with van der Waals surface area (Å²) in [5.74, 6) is 1.32. The van der Waals surface area contributed by atoms with E-state index in [9.17, 15) is 0 Å². The van der Waals surface area contributed by atoms with Crippen molar-refractivity contribution in [1.82, 2.24) is 15.6 Å². The second kappa shape index (κ2) is 10.5. The lowest BCUT2D eigenvalue weighted by Gasteiger charge is -2.15. The van der Waals surface area contributed by atoms with Crippen LogP contribution >= 0.6 is 46.7 Å². The van der Waals surface area contributed by atoms with E-state index in [-0.39, 0.29) is 29.4 Å². The van der Waals surface area contributed by atoms with Gasteiger partial charge in [-0.1, -0.05) is 27.7 Å². The van der Waals surface area contributed by atoms with Crippen molar-refractivity contribution in [3.63, 3.8) is 0 Å². The van der Waals surface area contributed by atoms with Gasteiger partial charge in [0.05, 0.1) is 12.2 Å². The standard InChI is InChI=1S/C18H28N4S2.HI/c1-6-19-17(20-9-13(2)14-7-8-23-11-14)21-10-16-22-15(12-24-16)18(3,4)5;/h7-8,11-13H,6,9-10H2,1-5H3,(H2,19,20,21);1H. The highest BCUT2D eigenvalue weighted by atomic mass is 127. The van der Waals surface area contributed by atoms with E-state index < -0.39 is 0 Å². The fourth-order valence-corrected chi connectivity index (χ4v) is 3.87. The van der Waals surface area contributed by atoms with Gasteiger partial charge < -0.3 is 10.6 Å². The Hall–Kier alpha value is -0.670. The highest BCUT2D eigenvalue weighted by Crippen LogP contribution is 2.24. The largest absolute Gasteiger partial charge is 0.357 e. The molecule has 0 aliphatic carbocycles. The Labute approximate surface area is 176 Å². The van der Waals surface area contributed by atoms with E-state index in [2.05, 4.69) is 72.5 Å². The van der Waals surface area contributed by atoms with Crippen LogP contribution in [0.5, 0.6) is 0 Å². The molecule has 2 N–H and O–H groups in total. The van der Waals surface area contributed by atoms with Crippen LogP contribution in [-0.4, -0.2) is 24.0 Å². The number of rotatable bonds is 6. The quantitative estimate of drug-likeness (QED) is 0.340. The van der Waals surface area contributed by atoms with E-state index in [0.717, 1.165) is 29.8 Å². The summed E-state index contributed by atoms with van der Waals surface area (Å²) in [6.45, 7) is 13.2. The van der Waals surface area contributed by atoms with Gasteiger partial charge in [0.2, 0.25) is 0 Å². The minimum absolute atomic E-state index is 0. The van der Waals surface area contributed by atoms with Gasteiger partial charge in [-0.3, -0.25) is 0 Å². The van der Waals surface area contributed by atoms with Crippen LogP contribution in [0.2, 0.25) is 0 Å². The molecular weight excluding hydrogens is 463 g/mol. The maximum atomic E-state index is 4.71. The van der Waals surface area contributed by atoms with Gasteiger partial charge in [-0.25, -0.2) is 9.98 Å². The third-order valence-electron chi connectivity index (χ3n) is 3.72. The molecule has 25 heavy (non-hydrogen) atoms. The minimum atomic E-state index is 0. The minimum Gasteiger partial charge on any atom is -0.357 e. The Morgan fingerprint density at radius 2 is 2.04 bits per heavy atom. The molecule has 2 aromatic rings. The molecule has 0 saturated heterocycles. The number of thiazole rings is 1. The monoisotopic (exact) mass is 492 g/mol. The normalized spacial score (nSPS) is 13.2. The van der Waals surface area contributed by atoms with E-state index in [1.54, 1.807) is 22.7 Å². The molecule has 4 nitrogen and oxygen atoms in total. The Morgan fingerprint density at radius 1 is 1.28 bits per heavy atom. The van der Waals surface area contributed by atoms with Crippen LogP contribution < -0.4 is 10.6 Å². The first-order chi connectivity index (χ1) is 11.4. The first-order valence-electron chi connectivity index (χ1n) is 8.39.